The lowest BCUT2D eigenvalue weighted by atomic mass is 9.89. The SMILES string of the molecule is CN1C[C@@H](Nc2nc(N3CCC(c4ccc(Cl)cc4)CC3)nc3c2S(=O)CC3)CCC1O. The highest BCUT2D eigenvalue weighted by atomic mass is 35.5. The van der Waals surface area contributed by atoms with Crippen LogP contribution >= 0.6 is 11.6 Å². The minimum atomic E-state index is -1.06. The standard InChI is InChI=1S/C23H30ClN5O2S/c1-28-14-18(6-7-20(28)30)25-22-21-19(10-13-32(21)31)26-23(27-22)29-11-8-16(9-12-29)15-2-4-17(24)5-3-15/h2-5,16,18,20,30H,6-14H2,1H3,(H,25,26,27)/t18-,20?,32?/m0/s1. The maximum Gasteiger partial charge on any atom is 0.227 e. The van der Waals surface area contributed by atoms with Crippen molar-refractivity contribution in [2.45, 2.75) is 55.2 Å². The van der Waals surface area contributed by atoms with Crippen molar-refractivity contribution < 1.29 is 9.32 Å². The zero-order valence-electron chi connectivity index (χ0n) is 18.3. The molecule has 3 atom stereocenters. The first-order chi connectivity index (χ1) is 15.5. The number of hydrogen-bond acceptors (Lipinski definition) is 7. The van der Waals surface area contributed by atoms with Gasteiger partial charge in [0, 0.05) is 42.9 Å². The van der Waals surface area contributed by atoms with Crippen LogP contribution in [0.3, 0.4) is 0 Å². The number of likely N-dealkylation sites (tertiary alicyclic amines) is 1. The third-order valence-electron chi connectivity index (χ3n) is 6.93. The third-order valence-corrected chi connectivity index (χ3v) is 8.64. The normalized spacial score (nSPS) is 26.8. The molecular formula is C23H30ClN5O2S. The molecule has 2 saturated heterocycles. The van der Waals surface area contributed by atoms with Gasteiger partial charge in [0.15, 0.2) is 0 Å². The summed E-state index contributed by atoms with van der Waals surface area (Å²) < 4.78 is 12.7. The molecule has 2 N–H and O–H groups in total. The molecule has 2 unspecified atom stereocenters. The van der Waals surface area contributed by atoms with Gasteiger partial charge in [0.1, 0.15) is 16.9 Å². The van der Waals surface area contributed by atoms with Crippen LogP contribution in [0.15, 0.2) is 29.2 Å². The number of aliphatic hydroxyl groups is 1. The fraction of sp³-hybridized carbons (Fsp3) is 0.565. The number of anilines is 2. The molecule has 2 fully saturated rings. The summed E-state index contributed by atoms with van der Waals surface area (Å²) in [5.74, 6) is 2.59. The Kier molecular flexibility index (Phi) is 6.38. The summed E-state index contributed by atoms with van der Waals surface area (Å²) in [5.41, 5.74) is 2.25. The van der Waals surface area contributed by atoms with Gasteiger partial charge in [-0.3, -0.25) is 9.11 Å². The fourth-order valence-electron chi connectivity index (χ4n) is 5.01. The molecule has 3 aliphatic rings. The number of hydrogen-bond donors (Lipinski definition) is 2. The number of benzene rings is 1. The van der Waals surface area contributed by atoms with Gasteiger partial charge >= 0.3 is 0 Å². The monoisotopic (exact) mass is 475 g/mol. The van der Waals surface area contributed by atoms with E-state index < -0.39 is 17.0 Å². The Morgan fingerprint density at radius 1 is 1.12 bits per heavy atom. The Labute approximate surface area is 196 Å². The number of piperidine rings is 2. The van der Waals surface area contributed by atoms with E-state index in [4.69, 9.17) is 21.6 Å². The first kappa shape index (κ1) is 22.1. The molecule has 0 saturated carbocycles. The van der Waals surface area contributed by atoms with Gasteiger partial charge in [-0.05, 0) is 56.3 Å². The van der Waals surface area contributed by atoms with Crippen LogP contribution in [-0.4, -0.2) is 68.9 Å². The molecule has 172 valence electrons. The zero-order chi connectivity index (χ0) is 22.2. The van der Waals surface area contributed by atoms with Crippen molar-refractivity contribution in [2.24, 2.45) is 0 Å². The molecule has 9 heteroatoms. The van der Waals surface area contributed by atoms with Crippen LogP contribution in [0.1, 0.15) is 42.9 Å². The highest BCUT2D eigenvalue weighted by Crippen LogP contribution is 2.34. The number of halogens is 1. The number of rotatable bonds is 4. The molecule has 0 spiro atoms. The maximum absolute atomic E-state index is 12.7. The molecule has 4 heterocycles. The van der Waals surface area contributed by atoms with E-state index in [-0.39, 0.29) is 6.04 Å². The first-order valence-electron chi connectivity index (χ1n) is 11.4. The van der Waals surface area contributed by atoms with Crippen LogP contribution in [-0.2, 0) is 17.2 Å². The van der Waals surface area contributed by atoms with Crippen LogP contribution in [0.5, 0.6) is 0 Å². The number of nitrogens with zero attached hydrogens (tertiary/aromatic N) is 4. The second-order valence-electron chi connectivity index (χ2n) is 9.10. The molecule has 0 radical (unpaired) electrons. The molecule has 32 heavy (non-hydrogen) atoms. The average molecular weight is 476 g/mol. The number of likely N-dealkylation sites (N-methyl/N-ethyl adjacent to an activating group) is 1. The summed E-state index contributed by atoms with van der Waals surface area (Å²) >= 11 is 6.04. The van der Waals surface area contributed by atoms with Gasteiger partial charge in [-0.2, -0.15) is 4.98 Å². The van der Waals surface area contributed by atoms with E-state index in [1.54, 1.807) is 0 Å². The van der Waals surface area contributed by atoms with Crippen molar-refractivity contribution in [1.29, 1.82) is 0 Å². The summed E-state index contributed by atoms with van der Waals surface area (Å²) in [6, 6.07) is 8.36. The van der Waals surface area contributed by atoms with E-state index in [9.17, 15) is 9.32 Å². The van der Waals surface area contributed by atoms with Crippen LogP contribution in [0.2, 0.25) is 5.02 Å². The summed E-state index contributed by atoms with van der Waals surface area (Å²) in [6.45, 7) is 2.52. The van der Waals surface area contributed by atoms with Crippen molar-refractivity contribution >= 4 is 34.2 Å². The predicted molar refractivity (Wildman–Crippen MR) is 128 cm³/mol. The first-order valence-corrected chi connectivity index (χ1v) is 13.1. The minimum absolute atomic E-state index is 0.170. The Morgan fingerprint density at radius 3 is 2.59 bits per heavy atom. The Balaban J connectivity index is 1.33. The molecule has 7 nitrogen and oxygen atoms in total. The van der Waals surface area contributed by atoms with Crippen molar-refractivity contribution in [1.82, 2.24) is 14.9 Å². The molecule has 0 bridgehead atoms. The number of aryl methyl sites for hydroxylation is 1. The lowest BCUT2D eigenvalue weighted by Crippen LogP contribution is -2.46. The molecule has 0 amide bonds. The van der Waals surface area contributed by atoms with Gasteiger partial charge < -0.3 is 15.3 Å². The van der Waals surface area contributed by atoms with E-state index in [0.717, 1.165) is 79.1 Å². The minimum Gasteiger partial charge on any atom is -0.378 e. The maximum atomic E-state index is 12.7. The number of aromatic nitrogens is 2. The molecule has 5 rings (SSSR count). The van der Waals surface area contributed by atoms with Gasteiger partial charge in [0.05, 0.1) is 16.5 Å². The molecule has 0 aliphatic carbocycles. The van der Waals surface area contributed by atoms with Gasteiger partial charge in [-0.25, -0.2) is 4.98 Å². The van der Waals surface area contributed by atoms with Crippen molar-refractivity contribution in [3.05, 3.63) is 40.5 Å². The molecular weight excluding hydrogens is 446 g/mol. The third kappa shape index (κ3) is 4.51. The second-order valence-corrected chi connectivity index (χ2v) is 11.0. The predicted octanol–water partition coefficient (Wildman–Crippen LogP) is 3.00. The average Bonchev–Trinajstić information content (AvgIpc) is 3.18. The van der Waals surface area contributed by atoms with E-state index >= 15 is 0 Å². The number of nitrogens with one attached hydrogen (secondary N) is 1. The number of fused-ring (bicyclic) bond motifs is 1. The summed E-state index contributed by atoms with van der Waals surface area (Å²) in [4.78, 5) is 14.7. The smallest absolute Gasteiger partial charge is 0.227 e. The van der Waals surface area contributed by atoms with E-state index in [1.807, 2.05) is 24.1 Å². The zero-order valence-corrected chi connectivity index (χ0v) is 19.9. The Morgan fingerprint density at radius 2 is 1.88 bits per heavy atom. The molecule has 1 aromatic heterocycles. The van der Waals surface area contributed by atoms with E-state index in [2.05, 4.69) is 22.3 Å². The quantitative estimate of drug-likeness (QED) is 0.703. The van der Waals surface area contributed by atoms with Gasteiger partial charge in [-0.15, -0.1) is 0 Å². The molecule has 2 aromatic rings. The van der Waals surface area contributed by atoms with Gasteiger partial charge in [0.2, 0.25) is 5.95 Å². The Bertz CT molecular complexity index is 997. The van der Waals surface area contributed by atoms with Crippen LogP contribution in [0.25, 0.3) is 0 Å². The molecule has 3 aliphatic heterocycles. The van der Waals surface area contributed by atoms with E-state index in [0.29, 0.717) is 11.7 Å². The van der Waals surface area contributed by atoms with Crippen molar-refractivity contribution in [3.63, 3.8) is 0 Å². The summed E-state index contributed by atoms with van der Waals surface area (Å²) in [7, 11) is 0.873. The highest BCUT2D eigenvalue weighted by molar-refractivity contribution is 7.85. The van der Waals surface area contributed by atoms with Crippen LogP contribution < -0.4 is 10.2 Å². The topological polar surface area (TPSA) is 81.6 Å². The summed E-state index contributed by atoms with van der Waals surface area (Å²) in [6.07, 6.45) is 4.01. The van der Waals surface area contributed by atoms with Gasteiger partial charge in [-0.1, -0.05) is 23.7 Å². The lowest BCUT2D eigenvalue weighted by molar-refractivity contribution is -0.00958. The van der Waals surface area contributed by atoms with Crippen molar-refractivity contribution in [2.75, 3.05) is 42.7 Å². The fourth-order valence-corrected chi connectivity index (χ4v) is 6.45. The largest absolute Gasteiger partial charge is 0.378 e. The van der Waals surface area contributed by atoms with E-state index in [1.165, 1.54) is 5.56 Å². The van der Waals surface area contributed by atoms with Crippen LogP contribution in [0, 0.1) is 0 Å². The highest BCUT2D eigenvalue weighted by Gasteiger charge is 2.31. The van der Waals surface area contributed by atoms with Gasteiger partial charge in [0.25, 0.3) is 0 Å². The second kappa shape index (κ2) is 9.25. The number of aliphatic hydroxyl groups excluding tert-OH is 1. The molecule has 1 aromatic carbocycles. The summed E-state index contributed by atoms with van der Waals surface area (Å²) in [5, 5.41) is 14.3. The lowest BCUT2D eigenvalue weighted by Gasteiger charge is -2.35. The Hall–Kier alpha value is -1.74. The van der Waals surface area contributed by atoms with Crippen molar-refractivity contribution in [3.8, 4) is 0 Å². The van der Waals surface area contributed by atoms with Crippen LogP contribution in [0.4, 0.5) is 11.8 Å².